The Bertz CT molecular complexity index is 963. The van der Waals surface area contributed by atoms with Crippen LogP contribution >= 0.6 is 23.1 Å². The van der Waals surface area contributed by atoms with Crippen molar-refractivity contribution >= 4 is 33.3 Å². The minimum atomic E-state index is -4.34. The van der Waals surface area contributed by atoms with Crippen LogP contribution in [-0.4, -0.2) is 9.97 Å². The fourth-order valence-corrected chi connectivity index (χ4v) is 5.88. The summed E-state index contributed by atoms with van der Waals surface area (Å²) in [5.74, 6) is 0.911. The molecule has 0 radical (unpaired) electrons. The molecule has 0 N–H and O–H groups in total. The molecule has 3 aromatic rings. The molecule has 1 aliphatic carbocycles. The molecule has 0 saturated heterocycles. The van der Waals surface area contributed by atoms with Gasteiger partial charge in [-0.05, 0) is 49.8 Å². The lowest BCUT2D eigenvalue weighted by Crippen LogP contribution is -2.08. The Hall–Kier alpha value is -1.60. The van der Waals surface area contributed by atoms with Crippen LogP contribution in [0.5, 0.6) is 0 Å². The Kier molecular flexibility index (Phi) is 4.69. The second-order valence-corrected chi connectivity index (χ2v) is 8.46. The number of hydrogen-bond donors (Lipinski definition) is 0. The molecule has 2 heterocycles. The summed E-state index contributed by atoms with van der Waals surface area (Å²) in [7, 11) is 0. The maximum Gasteiger partial charge on any atom is 0.416 e. The Balaban J connectivity index is 1.72. The average molecular weight is 394 g/mol. The molecular weight excluding hydrogens is 377 g/mol. The van der Waals surface area contributed by atoms with Crippen LogP contribution < -0.4 is 0 Å². The van der Waals surface area contributed by atoms with Gasteiger partial charge in [0.1, 0.15) is 15.7 Å². The van der Waals surface area contributed by atoms with E-state index in [0.29, 0.717) is 11.4 Å². The van der Waals surface area contributed by atoms with Crippen LogP contribution in [0.4, 0.5) is 13.2 Å². The molecule has 0 spiro atoms. The van der Waals surface area contributed by atoms with Gasteiger partial charge in [-0.1, -0.05) is 18.2 Å². The zero-order valence-corrected chi connectivity index (χ0v) is 15.8. The monoisotopic (exact) mass is 394 g/mol. The number of hydrogen-bond acceptors (Lipinski definition) is 4. The predicted molar refractivity (Wildman–Crippen MR) is 99.8 cm³/mol. The smallest absolute Gasteiger partial charge is 0.226 e. The van der Waals surface area contributed by atoms with Gasteiger partial charge in [0.2, 0.25) is 0 Å². The van der Waals surface area contributed by atoms with Gasteiger partial charge in [0, 0.05) is 16.0 Å². The fraction of sp³-hybridized carbons (Fsp3) is 0.368. The molecule has 0 aliphatic heterocycles. The van der Waals surface area contributed by atoms with E-state index < -0.39 is 11.7 Å². The van der Waals surface area contributed by atoms with E-state index in [2.05, 4.69) is 9.97 Å². The molecule has 0 amide bonds. The van der Waals surface area contributed by atoms with E-state index in [9.17, 15) is 13.2 Å². The van der Waals surface area contributed by atoms with Gasteiger partial charge in [0.15, 0.2) is 0 Å². The minimum absolute atomic E-state index is 0.242. The summed E-state index contributed by atoms with van der Waals surface area (Å²) in [5.41, 5.74) is 1.03. The third-order valence-electron chi connectivity index (χ3n) is 4.58. The third kappa shape index (κ3) is 3.34. The van der Waals surface area contributed by atoms with Crippen molar-refractivity contribution in [2.24, 2.45) is 0 Å². The molecule has 26 heavy (non-hydrogen) atoms. The molecule has 0 saturated carbocycles. The highest BCUT2D eigenvalue weighted by Crippen LogP contribution is 2.41. The molecular formula is C19H17F3N2S2. The summed E-state index contributed by atoms with van der Waals surface area (Å²) in [4.78, 5) is 11.5. The summed E-state index contributed by atoms with van der Waals surface area (Å²) in [5, 5.41) is 1.87. The number of aryl methyl sites for hydroxylation is 3. The number of thioether (sulfide) groups is 1. The summed E-state index contributed by atoms with van der Waals surface area (Å²) in [6.45, 7) is 1.84. The lowest BCUT2D eigenvalue weighted by atomic mass is 9.97. The summed E-state index contributed by atoms with van der Waals surface area (Å²) >= 11 is 3.09. The molecule has 0 unspecified atom stereocenters. The molecule has 1 aromatic carbocycles. The zero-order valence-electron chi connectivity index (χ0n) is 14.2. The molecule has 0 bridgehead atoms. The molecule has 136 valence electrons. The van der Waals surface area contributed by atoms with Gasteiger partial charge in [-0.3, -0.25) is 0 Å². The SMILES string of the molecule is Cc1nc(SCc2ccccc2C(F)(F)F)c2c3c(sc2n1)CCCC3. The maximum absolute atomic E-state index is 13.2. The van der Waals surface area contributed by atoms with E-state index in [0.717, 1.165) is 40.6 Å². The lowest BCUT2D eigenvalue weighted by Gasteiger charge is -2.14. The Morgan fingerprint density at radius 2 is 1.88 bits per heavy atom. The van der Waals surface area contributed by atoms with Crippen LogP contribution in [0.25, 0.3) is 10.2 Å². The normalized spacial score (nSPS) is 14.6. The minimum Gasteiger partial charge on any atom is -0.226 e. The van der Waals surface area contributed by atoms with Gasteiger partial charge < -0.3 is 0 Å². The van der Waals surface area contributed by atoms with Crippen LogP contribution in [0.2, 0.25) is 0 Å². The number of alkyl halides is 3. The number of nitrogens with zero attached hydrogens (tertiary/aromatic N) is 2. The van der Waals surface area contributed by atoms with Crippen LogP contribution in [0.15, 0.2) is 29.3 Å². The fourth-order valence-electron chi connectivity index (χ4n) is 3.40. The second kappa shape index (κ2) is 6.85. The van der Waals surface area contributed by atoms with Crippen LogP contribution in [0, 0.1) is 6.92 Å². The van der Waals surface area contributed by atoms with E-state index in [1.165, 1.54) is 34.7 Å². The molecule has 4 rings (SSSR count). The van der Waals surface area contributed by atoms with E-state index in [4.69, 9.17) is 0 Å². The first-order chi connectivity index (χ1) is 12.4. The van der Waals surface area contributed by atoms with Crippen molar-refractivity contribution in [3.63, 3.8) is 0 Å². The number of fused-ring (bicyclic) bond motifs is 3. The zero-order chi connectivity index (χ0) is 18.3. The standard InChI is InChI=1S/C19H17F3N2S2/c1-11-23-17(16-13-7-3-5-9-15(13)26-18(16)24-11)25-10-12-6-2-4-8-14(12)19(20,21)22/h2,4,6,8H,3,5,7,9-10H2,1H3. The van der Waals surface area contributed by atoms with Gasteiger partial charge >= 0.3 is 6.18 Å². The van der Waals surface area contributed by atoms with Gasteiger partial charge in [-0.2, -0.15) is 13.2 Å². The van der Waals surface area contributed by atoms with E-state index in [-0.39, 0.29) is 5.75 Å². The molecule has 0 fully saturated rings. The van der Waals surface area contributed by atoms with Crippen molar-refractivity contribution in [2.75, 3.05) is 0 Å². The first kappa shape index (κ1) is 17.8. The number of thiophene rings is 1. The molecule has 1 aliphatic rings. The van der Waals surface area contributed by atoms with Gasteiger partial charge in [0.05, 0.1) is 5.56 Å². The van der Waals surface area contributed by atoms with Crippen molar-refractivity contribution in [1.82, 2.24) is 9.97 Å². The molecule has 2 aromatic heterocycles. The molecule has 2 nitrogen and oxygen atoms in total. The quantitative estimate of drug-likeness (QED) is 0.391. The summed E-state index contributed by atoms with van der Waals surface area (Å²) in [6, 6.07) is 5.77. The van der Waals surface area contributed by atoms with Crippen molar-refractivity contribution in [3.05, 3.63) is 51.7 Å². The predicted octanol–water partition coefficient (Wildman–Crippen LogP) is 6.19. The molecule has 0 atom stereocenters. The lowest BCUT2D eigenvalue weighted by molar-refractivity contribution is -0.138. The number of halogens is 3. The highest BCUT2D eigenvalue weighted by atomic mass is 32.2. The second-order valence-electron chi connectivity index (χ2n) is 6.41. The summed E-state index contributed by atoms with van der Waals surface area (Å²) < 4.78 is 39.7. The van der Waals surface area contributed by atoms with E-state index in [1.807, 2.05) is 6.92 Å². The number of aromatic nitrogens is 2. The van der Waals surface area contributed by atoms with Gasteiger partial charge in [-0.15, -0.1) is 23.1 Å². The van der Waals surface area contributed by atoms with Crippen LogP contribution in [-0.2, 0) is 24.8 Å². The van der Waals surface area contributed by atoms with Crippen LogP contribution in [0.3, 0.4) is 0 Å². The number of benzene rings is 1. The topological polar surface area (TPSA) is 25.8 Å². The summed E-state index contributed by atoms with van der Waals surface area (Å²) in [6.07, 6.45) is 0.0713. The van der Waals surface area contributed by atoms with E-state index in [1.54, 1.807) is 23.5 Å². The van der Waals surface area contributed by atoms with Crippen molar-refractivity contribution < 1.29 is 13.2 Å². The Morgan fingerprint density at radius 3 is 2.69 bits per heavy atom. The number of rotatable bonds is 3. The first-order valence-electron chi connectivity index (χ1n) is 8.50. The highest BCUT2D eigenvalue weighted by Gasteiger charge is 2.33. The molecule has 7 heteroatoms. The van der Waals surface area contributed by atoms with Crippen LogP contribution in [0.1, 0.15) is 40.2 Å². The van der Waals surface area contributed by atoms with Gasteiger partial charge in [-0.25, -0.2) is 9.97 Å². The highest BCUT2D eigenvalue weighted by molar-refractivity contribution is 7.98. The van der Waals surface area contributed by atoms with E-state index >= 15 is 0 Å². The average Bonchev–Trinajstić information content (AvgIpc) is 2.97. The van der Waals surface area contributed by atoms with Crippen molar-refractivity contribution in [2.45, 2.75) is 49.6 Å². The largest absolute Gasteiger partial charge is 0.416 e. The first-order valence-corrected chi connectivity index (χ1v) is 10.3. The Morgan fingerprint density at radius 1 is 1.12 bits per heavy atom. The Labute approximate surface area is 157 Å². The van der Waals surface area contributed by atoms with Crippen molar-refractivity contribution in [1.29, 1.82) is 0 Å². The van der Waals surface area contributed by atoms with Crippen molar-refractivity contribution in [3.8, 4) is 0 Å². The van der Waals surface area contributed by atoms with Gasteiger partial charge in [0.25, 0.3) is 0 Å². The third-order valence-corrected chi connectivity index (χ3v) is 6.79. The maximum atomic E-state index is 13.2.